The molecule has 0 saturated heterocycles. The summed E-state index contributed by atoms with van der Waals surface area (Å²) in [5.41, 5.74) is 1.80. The van der Waals surface area contributed by atoms with Gasteiger partial charge in [-0.25, -0.2) is 0 Å². The van der Waals surface area contributed by atoms with Crippen LogP contribution < -0.4 is 15.0 Å². The summed E-state index contributed by atoms with van der Waals surface area (Å²) in [5, 5.41) is 2.84. The summed E-state index contributed by atoms with van der Waals surface area (Å²) >= 11 is 0. The van der Waals surface area contributed by atoms with Gasteiger partial charge in [0.05, 0.1) is 5.69 Å². The molecule has 0 radical (unpaired) electrons. The predicted molar refractivity (Wildman–Crippen MR) is 93.5 cm³/mol. The summed E-state index contributed by atoms with van der Waals surface area (Å²) in [6, 6.07) is 14.2. The van der Waals surface area contributed by atoms with Gasteiger partial charge in [-0.1, -0.05) is 24.3 Å². The molecule has 1 N–H and O–H groups in total. The van der Waals surface area contributed by atoms with Crippen molar-refractivity contribution in [1.29, 1.82) is 0 Å². The molecule has 3 rings (SSSR count). The predicted octanol–water partition coefficient (Wildman–Crippen LogP) is 3.24. The number of nitrogens with zero attached hydrogens (tertiary/aromatic N) is 1. The van der Waals surface area contributed by atoms with Gasteiger partial charge in [-0.05, 0) is 37.3 Å². The molecule has 122 valence electrons. The smallest absolute Gasteiger partial charge is 0.268 e. The Balaban J connectivity index is 1.89. The Morgan fingerprint density at radius 1 is 1.29 bits per heavy atom. The van der Waals surface area contributed by atoms with Gasteiger partial charge in [-0.15, -0.1) is 6.58 Å². The Morgan fingerprint density at radius 3 is 2.75 bits per heavy atom. The van der Waals surface area contributed by atoms with Crippen LogP contribution >= 0.6 is 0 Å². The maximum absolute atomic E-state index is 12.3. The van der Waals surface area contributed by atoms with Crippen molar-refractivity contribution in [2.45, 2.75) is 13.0 Å². The highest BCUT2D eigenvalue weighted by Gasteiger charge is 2.31. The summed E-state index contributed by atoms with van der Waals surface area (Å²) < 4.78 is 5.63. The van der Waals surface area contributed by atoms with Crippen molar-refractivity contribution in [3.05, 3.63) is 66.7 Å². The fourth-order valence-electron chi connectivity index (χ4n) is 2.59. The van der Waals surface area contributed by atoms with Crippen molar-refractivity contribution in [3.63, 3.8) is 0 Å². The fraction of sp³-hybridized carbons (Fsp3) is 0.158. The number of anilines is 2. The van der Waals surface area contributed by atoms with E-state index in [1.165, 1.54) is 0 Å². The Bertz CT molecular complexity index is 786. The zero-order valence-corrected chi connectivity index (χ0v) is 13.4. The van der Waals surface area contributed by atoms with Gasteiger partial charge in [0, 0.05) is 17.8 Å². The third kappa shape index (κ3) is 3.01. The molecule has 0 fully saturated rings. The molecule has 2 aromatic rings. The Labute approximate surface area is 140 Å². The number of nitrogens with one attached hydrogen (secondary N) is 1. The van der Waals surface area contributed by atoms with E-state index in [-0.39, 0.29) is 11.8 Å². The van der Waals surface area contributed by atoms with Crippen LogP contribution in [0.15, 0.2) is 61.2 Å². The van der Waals surface area contributed by atoms with E-state index < -0.39 is 6.10 Å². The molecular formula is C19H18N2O3. The molecule has 1 unspecified atom stereocenters. The summed E-state index contributed by atoms with van der Waals surface area (Å²) in [5.74, 6) is 0.276. The summed E-state index contributed by atoms with van der Waals surface area (Å²) in [4.78, 5) is 26.2. The first kappa shape index (κ1) is 15.8. The third-order valence-corrected chi connectivity index (χ3v) is 3.77. The second-order valence-electron chi connectivity index (χ2n) is 5.50. The van der Waals surface area contributed by atoms with E-state index >= 15 is 0 Å². The number of ether oxygens (including phenoxy) is 1. The van der Waals surface area contributed by atoms with Crippen molar-refractivity contribution < 1.29 is 14.3 Å². The SMILES string of the molecule is C=CCN1C(=O)C(C)Oc2ccc(NC(=O)c3ccccc3)cc21. The van der Waals surface area contributed by atoms with Crippen molar-refractivity contribution in [2.24, 2.45) is 0 Å². The van der Waals surface area contributed by atoms with Gasteiger partial charge in [0.15, 0.2) is 6.10 Å². The number of carbonyl (C=O) groups is 2. The molecule has 0 saturated carbocycles. The molecule has 5 heteroatoms. The first-order valence-corrected chi connectivity index (χ1v) is 7.69. The normalized spacial score (nSPS) is 16.1. The molecule has 0 aliphatic carbocycles. The van der Waals surface area contributed by atoms with E-state index in [2.05, 4.69) is 11.9 Å². The van der Waals surface area contributed by atoms with Crippen molar-refractivity contribution in [2.75, 3.05) is 16.8 Å². The molecule has 5 nitrogen and oxygen atoms in total. The number of benzene rings is 2. The van der Waals surface area contributed by atoms with E-state index in [9.17, 15) is 9.59 Å². The quantitative estimate of drug-likeness (QED) is 0.879. The lowest BCUT2D eigenvalue weighted by molar-refractivity contribution is -0.125. The van der Waals surface area contributed by atoms with Gasteiger partial charge < -0.3 is 15.0 Å². The Hall–Kier alpha value is -3.08. The van der Waals surface area contributed by atoms with E-state index in [0.717, 1.165) is 0 Å². The average molecular weight is 322 g/mol. The number of fused-ring (bicyclic) bond motifs is 1. The van der Waals surface area contributed by atoms with Gasteiger partial charge in [-0.2, -0.15) is 0 Å². The van der Waals surface area contributed by atoms with E-state index in [4.69, 9.17) is 4.74 Å². The number of rotatable bonds is 4. The van der Waals surface area contributed by atoms with Crippen LogP contribution in [0.5, 0.6) is 5.75 Å². The van der Waals surface area contributed by atoms with Crippen LogP contribution in [0, 0.1) is 0 Å². The van der Waals surface area contributed by atoms with E-state index in [1.807, 2.05) is 18.2 Å². The second kappa shape index (κ2) is 6.58. The van der Waals surface area contributed by atoms with E-state index in [0.29, 0.717) is 29.2 Å². The van der Waals surface area contributed by atoms with Crippen LogP contribution in [-0.4, -0.2) is 24.5 Å². The molecule has 0 bridgehead atoms. The molecule has 1 heterocycles. The van der Waals surface area contributed by atoms with Crippen molar-refractivity contribution >= 4 is 23.2 Å². The largest absolute Gasteiger partial charge is 0.479 e. The van der Waals surface area contributed by atoms with Crippen LogP contribution in [-0.2, 0) is 4.79 Å². The lowest BCUT2D eigenvalue weighted by atomic mass is 10.1. The van der Waals surface area contributed by atoms with Crippen LogP contribution in [0.3, 0.4) is 0 Å². The monoisotopic (exact) mass is 322 g/mol. The van der Waals surface area contributed by atoms with Crippen LogP contribution in [0.4, 0.5) is 11.4 Å². The highest BCUT2D eigenvalue weighted by atomic mass is 16.5. The number of amides is 2. The van der Waals surface area contributed by atoms with Gasteiger partial charge in [0.1, 0.15) is 5.75 Å². The maximum atomic E-state index is 12.3. The first-order chi connectivity index (χ1) is 11.6. The maximum Gasteiger partial charge on any atom is 0.268 e. The minimum atomic E-state index is -0.540. The van der Waals surface area contributed by atoms with Crippen LogP contribution in [0.2, 0.25) is 0 Å². The Morgan fingerprint density at radius 2 is 2.04 bits per heavy atom. The standard InChI is InChI=1S/C19H18N2O3/c1-3-11-21-16-12-15(9-10-17(16)24-13(2)19(21)23)20-18(22)14-7-5-4-6-8-14/h3-10,12-13H,1,11H2,2H3,(H,20,22). The highest BCUT2D eigenvalue weighted by molar-refractivity contribution is 6.05. The minimum absolute atomic E-state index is 0.131. The molecule has 1 atom stereocenters. The molecule has 1 aliphatic heterocycles. The zero-order chi connectivity index (χ0) is 17.1. The first-order valence-electron chi connectivity index (χ1n) is 7.69. The third-order valence-electron chi connectivity index (χ3n) is 3.77. The summed E-state index contributed by atoms with van der Waals surface area (Å²) in [6.45, 7) is 5.79. The van der Waals surface area contributed by atoms with Crippen LogP contribution in [0.25, 0.3) is 0 Å². The van der Waals surface area contributed by atoms with Gasteiger partial charge in [0.2, 0.25) is 0 Å². The Kier molecular flexibility index (Phi) is 4.33. The molecule has 2 aromatic carbocycles. The summed E-state index contributed by atoms with van der Waals surface area (Å²) in [7, 11) is 0. The molecule has 0 aromatic heterocycles. The van der Waals surface area contributed by atoms with Crippen molar-refractivity contribution in [1.82, 2.24) is 0 Å². The molecule has 1 aliphatic rings. The highest BCUT2D eigenvalue weighted by Crippen LogP contribution is 2.36. The zero-order valence-electron chi connectivity index (χ0n) is 13.4. The van der Waals surface area contributed by atoms with Crippen LogP contribution in [0.1, 0.15) is 17.3 Å². The lowest BCUT2D eigenvalue weighted by Gasteiger charge is -2.32. The number of hydrogen-bond donors (Lipinski definition) is 1. The number of hydrogen-bond acceptors (Lipinski definition) is 3. The lowest BCUT2D eigenvalue weighted by Crippen LogP contribution is -2.44. The second-order valence-corrected chi connectivity index (χ2v) is 5.50. The average Bonchev–Trinajstić information content (AvgIpc) is 2.60. The summed E-state index contributed by atoms with van der Waals surface area (Å²) in [6.07, 6.45) is 1.12. The molecule has 2 amide bonds. The van der Waals surface area contributed by atoms with Gasteiger partial charge in [-0.3, -0.25) is 9.59 Å². The molecule has 0 spiro atoms. The molecular weight excluding hydrogens is 304 g/mol. The van der Waals surface area contributed by atoms with Crippen molar-refractivity contribution in [3.8, 4) is 5.75 Å². The number of carbonyl (C=O) groups excluding carboxylic acids is 2. The minimum Gasteiger partial charge on any atom is -0.479 e. The van der Waals surface area contributed by atoms with E-state index in [1.54, 1.807) is 48.2 Å². The fourth-order valence-corrected chi connectivity index (χ4v) is 2.59. The molecule has 24 heavy (non-hydrogen) atoms. The van der Waals surface area contributed by atoms with Gasteiger partial charge >= 0.3 is 0 Å². The topological polar surface area (TPSA) is 58.6 Å². The van der Waals surface area contributed by atoms with Gasteiger partial charge in [0.25, 0.3) is 11.8 Å².